The van der Waals surface area contributed by atoms with Crippen LogP contribution < -0.4 is 19.3 Å². The van der Waals surface area contributed by atoms with E-state index in [1.165, 1.54) is 55.0 Å². The molecule has 0 bridgehead atoms. The lowest BCUT2D eigenvalue weighted by atomic mass is 9.82. The fourth-order valence-corrected chi connectivity index (χ4v) is 13.4. The highest BCUT2D eigenvalue weighted by Crippen LogP contribution is 2.43. The van der Waals surface area contributed by atoms with E-state index in [-0.39, 0.29) is 85.6 Å². The van der Waals surface area contributed by atoms with Gasteiger partial charge in [-0.3, -0.25) is 19.3 Å². The minimum Gasteiger partial charge on any atom is -0.478 e. The van der Waals surface area contributed by atoms with Gasteiger partial charge >= 0.3 is 11.9 Å². The molecule has 2 aliphatic carbocycles. The van der Waals surface area contributed by atoms with Gasteiger partial charge in [0, 0.05) is 58.1 Å². The Morgan fingerprint density at radius 2 is 1.17 bits per heavy atom. The molecule has 2 saturated carbocycles. The summed E-state index contributed by atoms with van der Waals surface area (Å²) in [5.74, 6) is -3.24. The Labute approximate surface area is 480 Å². The Morgan fingerprint density at radius 3 is 1.60 bits per heavy atom. The van der Waals surface area contributed by atoms with E-state index in [0.29, 0.717) is 66.7 Å². The lowest BCUT2D eigenvalue weighted by Gasteiger charge is -2.36. The zero-order valence-corrected chi connectivity index (χ0v) is 50.0. The van der Waals surface area contributed by atoms with Crippen LogP contribution in [0.25, 0.3) is 0 Å². The molecule has 0 unspecified atom stereocenters. The van der Waals surface area contributed by atoms with Crippen LogP contribution in [0.4, 0.5) is 20.2 Å². The smallest absolute Gasteiger partial charge is 0.340 e. The Kier molecular flexibility index (Phi) is 24.1. The summed E-state index contributed by atoms with van der Waals surface area (Å²) in [6.07, 6.45) is 8.04. The molecule has 1 N–H and O–H groups in total. The number of esters is 1. The number of carbonyl (C=O) groups is 5. The highest BCUT2D eigenvalue weighted by Gasteiger charge is 2.38. The first kappa shape index (κ1) is 62.8. The van der Waals surface area contributed by atoms with Gasteiger partial charge in [-0.25, -0.2) is 18.4 Å². The molecular formula is C56H71Br2F2N3O13S2. The molecule has 16 nitrogen and oxygen atoms in total. The van der Waals surface area contributed by atoms with Crippen molar-refractivity contribution in [3.8, 4) is 21.6 Å². The summed E-state index contributed by atoms with van der Waals surface area (Å²) in [5, 5.41) is 11.2. The summed E-state index contributed by atoms with van der Waals surface area (Å²) in [6, 6.07) is 12.1. The molecular weight excluding hydrogens is 1180 g/mol. The molecule has 428 valence electrons. The minimum atomic E-state index is -2.68. The van der Waals surface area contributed by atoms with Gasteiger partial charge in [0.05, 0.1) is 88.5 Å². The first-order valence-corrected chi connectivity index (χ1v) is 29.3. The number of aromatic carboxylic acids is 1. The standard InChI is InChI=1S/C30H39BrF2N2O6S.C26H32BrNO7S/c1-19-5-7-20(8-6-19)27(36)35(21(16-39-2)17-40-3)26-10-9-22(13-24(26)28(37)38)41-29-25(31)14-23(42-29)15-34-12-4-11-30(32,33)18-34;1-16-5-7-17(8-6-16)24(30)28(18(14-32-2)15-33-3)23-10-9-19(11-21(23)25(31)34-4)35-26-22(27)12-20(13-29)36-26/h9-10,13-14,19-21H,4-8,11-12,15-18H2,1-3H3,(H,37,38);9-13,16-18H,5-8,14-15H2,1-4H3. The lowest BCUT2D eigenvalue weighted by molar-refractivity contribution is -0.125. The number of anilines is 2. The maximum atomic E-state index is 13.9. The molecule has 1 saturated heterocycles. The van der Waals surface area contributed by atoms with E-state index in [9.17, 15) is 37.9 Å². The number of benzene rings is 2. The molecule has 0 radical (unpaired) electrons. The minimum absolute atomic E-state index is 0.0588. The fraction of sp³-hybridized carbons (Fsp3) is 0.554. The first-order valence-electron chi connectivity index (χ1n) is 26.0. The van der Waals surface area contributed by atoms with Crippen molar-refractivity contribution in [3.63, 3.8) is 0 Å². The van der Waals surface area contributed by atoms with Crippen LogP contribution in [0.2, 0.25) is 0 Å². The average Bonchev–Trinajstić information content (AvgIpc) is 4.03. The van der Waals surface area contributed by atoms with Gasteiger partial charge in [0.15, 0.2) is 16.4 Å². The Hall–Kier alpha value is -4.39. The van der Waals surface area contributed by atoms with Crippen molar-refractivity contribution in [2.45, 2.75) is 103 Å². The normalized spacial score (nSPS) is 19.4. The van der Waals surface area contributed by atoms with Crippen LogP contribution in [0.5, 0.6) is 21.6 Å². The van der Waals surface area contributed by atoms with Crippen molar-refractivity contribution in [3.05, 3.63) is 78.4 Å². The number of amides is 2. The number of hydrogen-bond donors (Lipinski definition) is 1. The fourth-order valence-electron chi connectivity index (χ4n) is 10.2. The second-order valence-electron chi connectivity index (χ2n) is 20.2. The van der Waals surface area contributed by atoms with Crippen molar-refractivity contribution in [1.82, 2.24) is 4.90 Å². The number of carbonyl (C=O) groups excluding carboxylic acids is 4. The molecule has 2 aromatic heterocycles. The van der Waals surface area contributed by atoms with Gasteiger partial charge in [0.1, 0.15) is 11.5 Å². The number of aldehydes is 1. The molecule has 3 heterocycles. The second-order valence-corrected chi connectivity index (χ2v) is 24.1. The molecule has 78 heavy (non-hydrogen) atoms. The number of rotatable bonds is 23. The zero-order valence-electron chi connectivity index (χ0n) is 45.2. The van der Waals surface area contributed by atoms with Gasteiger partial charge in [-0.15, -0.1) is 11.3 Å². The number of halogens is 4. The van der Waals surface area contributed by atoms with Gasteiger partial charge in [0.25, 0.3) is 5.92 Å². The van der Waals surface area contributed by atoms with E-state index >= 15 is 0 Å². The van der Waals surface area contributed by atoms with Gasteiger partial charge in [-0.2, -0.15) is 0 Å². The molecule has 1 aliphatic heterocycles. The van der Waals surface area contributed by atoms with Crippen molar-refractivity contribution in [2.75, 3.05) is 84.9 Å². The molecule has 0 spiro atoms. The molecule has 4 aromatic rings. The van der Waals surface area contributed by atoms with E-state index in [1.54, 1.807) is 60.4 Å². The van der Waals surface area contributed by atoms with E-state index in [1.807, 2.05) is 6.07 Å². The summed E-state index contributed by atoms with van der Waals surface area (Å²) in [6.45, 7) is 5.91. The number of ether oxygens (including phenoxy) is 7. The summed E-state index contributed by atoms with van der Waals surface area (Å²) in [4.78, 5) is 70.7. The molecule has 7 rings (SSSR count). The first-order chi connectivity index (χ1) is 37.3. The Balaban J connectivity index is 0.000000255. The van der Waals surface area contributed by atoms with Crippen LogP contribution in [-0.2, 0) is 39.8 Å². The molecule has 3 fully saturated rings. The van der Waals surface area contributed by atoms with Crippen molar-refractivity contribution in [1.29, 1.82) is 0 Å². The van der Waals surface area contributed by atoms with Gasteiger partial charge in [-0.1, -0.05) is 25.2 Å². The molecule has 0 atom stereocenters. The number of nitrogens with zero attached hydrogens (tertiary/aromatic N) is 3. The maximum Gasteiger partial charge on any atom is 0.340 e. The number of carboxylic acid groups (broad SMARTS) is 1. The van der Waals surface area contributed by atoms with Crippen molar-refractivity contribution >= 4 is 95.9 Å². The molecule has 2 amide bonds. The summed E-state index contributed by atoms with van der Waals surface area (Å²) in [7, 11) is 7.50. The summed E-state index contributed by atoms with van der Waals surface area (Å²) >= 11 is 9.37. The molecule has 3 aliphatic rings. The number of thiophene rings is 2. The molecule has 22 heteroatoms. The van der Waals surface area contributed by atoms with E-state index < -0.39 is 29.9 Å². The number of alkyl halides is 2. The lowest BCUT2D eigenvalue weighted by Crippen LogP contribution is -2.49. The SMILES string of the molecule is COCC(COC)N(C(=O)C1CCC(C)CC1)c1ccc(Oc2sc(C=O)cc2Br)cc1C(=O)OC.COCC(COC)N(C(=O)C1CCC(C)CC1)c1ccc(Oc2sc(CN3CCCC(F)(F)C3)cc2Br)cc1C(=O)O. The predicted octanol–water partition coefficient (Wildman–Crippen LogP) is 12.8. The topological polar surface area (TPSA) is 180 Å². The van der Waals surface area contributed by atoms with Gasteiger partial charge in [-0.05, 0) is 157 Å². The van der Waals surface area contributed by atoms with E-state index in [2.05, 4.69) is 45.7 Å². The zero-order chi connectivity index (χ0) is 56.7. The van der Waals surface area contributed by atoms with Gasteiger partial charge in [0.2, 0.25) is 11.8 Å². The number of methoxy groups -OCH3 is 5. The van der Waals surface area contributed by atoms with E-state index in [0.717, 1.165) is 62.5 Å². The molecule has 2 aromatic carbocycles. The monoisotopic (exact) mass is 1250 g/mol. The number of piperidine rings is 1. The van der Waals surface area contributed by atoms with E-state index in [4.69, 9.17) is 33.2 Å². The third-order valence-corrected chi connectivity index (χ3v) is 17.9. The third-order valence-electron chi connectivity index (χ3n) is 14.2. The largest absolute Gasteiger partial charge is 0.478 e. The average molecular weight is 1260 g/mol. The highest BCUT2D eigenvalue weighted by atomic mass is 79.9. The third kappa shape index (κ3) is 16.8. The maximum absolute atomic E-state index is 13.9. The number of hydrogen-bond acceptors (Lipinski definition) is 15. The summed E-state index contributed by atoms with van der Waals surface area (Å²) < 4.78 is 67.8. The van der Waals surface area contributed by atoms with Crippen LogP contribution in [-0.4, -0.2) is 133 Å². The predicted molar refractivity (Wildman–Crippen MR) is 303 cm³/mol. The Bertz CT molecular complexity index is 2650. The highest BCUT2D eigenvalue weighted by molar-refractivity contribution is 9.11. The second kappa shape index (κ2) is 29.9. The number of likely N-dealkylation sites (tertiary alicyclic amines) is 1. The van der Waals surface area contributed by atoms with Crippen LogP contribution in [0, 0.1) is 23.7 Å². The van der Waals surface area contributed by atoms with Crippen molar-refractivity contribution in [2.24, 2.45) is 23.7 Å². The van der Waals surface area contributed by atoms with Crippen LogP contribution in [0.3, 0.4) is 0 Å². The van der Waals surface area contributed by atoms with Crippen LogP contribution in [0.1, 0.15) is 113 Å². The van der Waals surface area contributed by atoms with Crippen LogP contribution >= 0.6 is 54.5 Å². The van der Waals surface area contributed by atoms with Gasteiger partial charge < -0.3 is 48.1 Å². The Morgan fingerprint density at radius 1 is 0.705 bits per heavy atom. The number of carboxylic acids is 1. The van der Waals surface area contributed by atoms with Crippen LogP contribution in [0.15, 0.2) is 57.5 Å². The summed E-state index contributed by atoms with van der Waals surface area (Å²) in [5.41, 5.74) is 0.781. The quantitative estimate of drug-likeness (QED) is 0.0547. The van der Waals surface area contributed by atoms with Crippen molar-refractivity contribution < 1.29 is 71.0 Å².